The Balaban J connectivity index is 1.29. The summed E-state index contributed by atoms with van der Waals surface area (Å²) in [4.78, 5) is 27.8. The van der Waals surface area contributed by atoms with Gasteiger partial charge in [0.2, 0.25) is 0 Å². The van der Waals surface area contributed by atoms with Crippen molar-refractivity contribution in [2.75, 3.05) is 18.4 Å². The second-order valence-electron chi connectivity index (χ2n) is 10.5. The van der Waals surface area contributed by atoms with E-state index >= 15 is 0 Å². The molecule has 2 aliphatic rings. The zero-order valence-corrected chi connectivity index (χ0v) is 24.9. The molecule has 2 aromatic carbocycles. The molecule has 4 aromatic rings. The average Bonchev–Trinajstić information content (AvgIpc) is 3.33. The predicted molar refractivity (Wildman–Crippen MR) is 166 cm³/mol. The molecule has 6 rings (SSSR count). The number of aromatic nitrogens is 3. The van der Waals surface area contributed by atoms with Gasteiger partial charge in [0.25, 0.3) is 0 Å². The number of hydrogen-bond acceptors (Lipinski definition) is 3. The van der Waals surface area contributed by atoms with Gasteiger partial charge in [-0.1, -0.05) is 29.8 Å². The summed E-state index contributed by atoms with van der Waals surface area (Å²) in [6.07, 6.45) is 9.66. The smallest absolute Gasteiger partial charge is 0.321 e. The molecule has 1 unspecified atom stereocenters. The first-order valence-corrected chi connectivity index (χ1v) is 14.7. The average molecular weight is 628 g/mol. The number of carbonyl (C=O) groups excluding carboxylic acids is 1. The van der Waals surface area contributed by atoms with Gasteiger partial charge in [0, 0.05) is 64.9 Å². The molecule has 9 heteroatoms. The Morgan fingerprint density at radius 1 is 1.15 bits per heavy atom. The second kappa shape index (κ2) is 11.5. The van der Waals surface area contributed by atoms with Crippen molar-refractivity contribution < 1.29 is 4.79 Å². The van der Waals surface area contributed by atoms with E-state index in [2.05, 4.69) is 53.9 Å². The van der Waals surface area contributed by atoms with Gasteiger partial charge in [0.1, 0.15) is 5.82 Å². The maximum Gasteiger partial charge on any atom is 0.321 e. The minimum Gasteiger partial charge on any atom is -0.331 e. The quantitative estimate of drug-likeness (QED) is 0.232. The zero-order chi connectivity index (χ0) is 28.5. The number of amides is 2. The van der Waals surface area contributed by atoms with Gasteiger partial charge >= 0.3 is 6.03 Å². The molecule has 2 aromatic heterocycles. The van der Waals surface area contributed by atoms with Gasteiger partial charge in [0.05, 0.1) is 12.3 Å². The molecular weight excluding hydrogens is 600 g/mol. The lowest BCUT2D eigenvalue weighted by atomic mass is 9.76. The molecule has 1 aliphatic carbocycles. The lowest BCUT2D eigenvalue weighted by Gasteiger charge is -2.36. The van der Waals surface area contributed by atoms with E-state index in [1.54, 1.807) is 24.3 Å². The van der Waals surface area contributed by atoms with E-state index in [4.69, 9.17) is 23.2 Å². The Morgan fingerprint density at radius 2 is 1.93 bits per heavy atom. The van der Waals surface area contributed by atoms with E-state index in [9.17, 15) is 4.79 Å². The molecular formula is C32H28BrClN6O. The van der Waals surface area contributed by atoms with Crippen molar-refractivity contribution in [1.82, 2.24) is 19.4 Å². The molecule has 1 atom stereocenters. The minimum absolute atomic E-state index is 0.0642. The fourth-order valence-corrected chi connectivity index (χ4v) is 6.45. The fraction of sp³-hybridized carbons (Fsp3) is 0.250. The molecule has 0 radical (unpaired) electrons. The molecule has 41 heavy (non-hydrogen) atoms. The lowest BCUT2D eigenvalue weighted by Crippen LogP contribution is -2.42. The summed E-state index contributed by atoms with van der Waals surface area (Å²) in [6.45, 7) is 11.1. The molecule has 2 amide bonds. The molecule has 3 heterocycles. The van der Waals surface area contributed by atoms with Crippen LogP contribution in [-0.2, 0) is 6.54 Å². The van der Waals surface area contributed by atoms with E-state index in [-0.39, 0.29) is 11.9 Å². The number of pyridine rings is 1. The van der Waals surface area contributed by atoms with Crippen molar-refractivity contribution >= 4 is 56.6 Å². The largest absolute Gasteiger partial charge is 0.331 e. The predicted octanol–water partition coefficient (Wildman–Crippen LogP) is 8.18. The Morgan fingerprint density at radius 3 is 2.63 bits per heavy atom. The number of nitrogens with zero attached hydrogens (tertiary/aromatic N) is 5. The molecule has 1 aliphatic heterocycles. The number of piperidine rings is 1. The molecule has 0 spiro atoms. The summed E-state index contributed by atoms with van der Waals surface area (Å²) in [5, 5.41) is 3.68. The van der Waals surface area contributed by atoms with Crippen molar-refractivity contribution in [2.45, 2.75) is 32.2 Å². The van der Waals surface area contributed by atoms with Gasteiger partial charge in [-0.05, 0) is 94.7 Å². The molecule has 1 fully saturated rings. The van der Waals surface area contributed by atoms with Gasteiger partial charge in [-0.15, -0.1) is 0 Å². The highest BCUT2D eigenvalue weighted by Gasteiger charge is 2.35. The fourth-order valence-electron chi connectivity index (χ4n) is 5.94. The Kier molecular flexibility index (Phi) is 7.65. The van der Waals surface area contributed by atoms with Crippen molar-refractivity contribution in [3.8, 4) is 0 Å². The van der Waals surface area contributed by atoms with Crippen LogP contribution in [0.5, 0.6) is 0 Å². The van der Waals surface area contributed by atoms with E-state index in [1.165, 1.54) is 5.56 Å². The number of likely N-dealkylation sites (tertiary alicyclic amines) is 1. The van der Waals surface area contributed by atoms with Crippen molar-refractivity contribution in [3.05, 3.63) is 116 Å². The Bertz CT molecular complexity index is 1680. The number of hydrogen-bond donors (Lipinski definition) is 1. The van der Waals surface area contributed by atoms with Gasteiger partial charge in [-0.2, -0.15) is 0 Å². The number of imidazole rings is 1. The van der Waals surface area contributed by atoms with Crippen LogP contribution in [0.4, 0.5) is 16.2 Å². The molecule has 0 bridgehead atoms. The number of urea groups is 1. The normalized spacial score (nSPS) is 16.7. The van der Waals surface area contributed by atoms with E-state index < -0.39 is 0 Å². The number of halogens is 2. The molecule has 206 valence electrons. The van der Waals surface area contributed by atoms with Crippen LogP contribution in [0.25, 0.3) is 16.5 Å². The molecule has 1 N–H and O–H groups in total. The van der Waals surface area contributed by atoms with Crippen LogP contribution in [-0.4, -0.2) is 38.6 Å². The van der Waals surface area contributed by atoms with Crippen LogP contribution in [0.15, 0.2) is 71.6 Å². The lowest BCUT2D eigenvalue weighted by molar-refractivity contribution is 0.177. The van der Waals surface area contributed by atoms with Gasteiger partial charge in [0.15, 0.2) is 5.69 Å². The molecule has 0 saturated carbocycles. The number of rotatable bonds is 4. The monoisotopic (exact) mass is 626 g/mol. The second-order valence-corrected chi connectivity index (χ2v) is 11.9. The number of aryl methyl sites for hydroxylation is 1. The maximum atomic E-state index is 13.1. The SMILES string of the molecule is [C-]#[N+]c1ccc(NC(=O)N2CCC(C3c4ccc(Cl)cc4C=C(Cn4ccnc4C)c4cc(Br)cnc43)CC2)cc1. The zero-order valence-electron chi connectivity index (χ0n) is 22.5. The van der Waals surface area contributed by atoms with Crippen LogP contribution in [0, 0.1) is 19.4 Å². The van der Waals surface area contributed by atoms with E-state index in [1.807, 2.05) is 42.5 Å². The van der Waals surface area contributed by atoms with Crippen LogP contribution in [0.2, 0.25) is 5.02 Å². The summed E-state index contributed by atoms with van der Waals surface area (Å²) < 4.78 is 3.08. The topological polar surface area (TPSA) is 67.4 Å². The van der Waals surface area contributed by atoms with Crippen LogP contribution < -0.4 is 5.32 Å². The maximum absolute atomic E-state index is 13.1. The summed E-state index contributed by atoms with van der Waals surface area (Å²) in [5.41, 5.74) is 6.89. The molecule has 7 nitrogen and oxygen atoms in total. The number of carbonyl (C=O) groups is 1. The summed E-state index contributed by atoms with van der Waals surface area (Å²) in [7, 11) is 0. The first-order valence-electron chi connectivity index (χ1n) is 13.6. The summed E-state index contributed by atoms with van der Waals surface area (Å²) in [5.74, 6) is 1.32. The third-order valence-electron chi connectivity index (χ3n) is 8.05. The van der Waals surface area contributed by atoms with Crippen molar-refractivity contribution in [1.29, 1.82) is 0 Å². The van der Waals surface area contributed by atoms with Gasteiger partial charge < -0.3 is 14.8 Å². The highest BCUT2D eigenvalue weighted by atomic mass is 79.9. The van der Waals surface area contributed by atoms with Gasteiger partial charge in [-0.25, -0.2) is 14.6 Å². The first kappa shape index (κ1) is 27.3. The summed E-state index contributed by atoms with van der Waals surface area (Å²) in [6, 6.07) is 15.2. The standard InChI is InChI=1S/C32H28BrClN6O/c1-20-36-11-14-40(20)19-23-15-22-16-25(34)3-8-28(22)30(31-29(23)17-24(33)18-37-31)21-9-12-39(13-10-21)32(41)38-27-6-4-26(35-2)5-7-27/h3-8,11,14-18,21,30H,9-10,12-13,19H2,1H3,(H,38,41). The third-order valence-corrected chi connectivity index (χ3v) is 8.72. The van der Waals surface area contributed by atoms with Crippen LogP contribution >= 0.6 is 27.5 Å². The van der Waals surface area contributed by atoms with Crippen LogP contribution in [0.1, 0.15) is 47.0 Å². The van der Waals surface area contributed by atoms with Gasteiger partial charge in [-0.3, -0.25) is 4.98 Å². The Hall–Kier alpha value is -3.93. The Labute approximate surface area is 252 Å². The number of benzene rings is 2. The highest BCUT2D eigenvalue weighted by molar-refractivity contribution is 9.10. The minimum atomic E-state index is -0.117. The first-order chi connectivity index (χ1) is 19.9. The number of fused-ring (bicyclic) bond motifs is 2. The third kappa shape index (κ3) is 5.65. The highest BCUT2D eigenvalue weighted by Crippen LogP contribution is 2.45. The molecule has 1 saturated heterocycles. The number of nitrogens with one attached hydrogen (secondary N) is 1. The summed E-state index contributed by atoms with van der Waals surface area (Å²) >= 11 is 10.2. The van der Waals surface area contributed by atoms with Crippen LogP contribution in [0.3, 0.4) is 0 Å². The van der Waals surface area contributed by atoms with Crippen molar-refractivity contribution in [3.63, 3.8) is 0 Å². The number of allylic oxidation sites excluding steroid dienone is 1. The van der Waals surface area contributed by atoms with E-state index in [0.29, 0.717) is 41.9 Å². The number of anilines is 1. The van der Waals surface area contributed by atoms with E-state index in [0.717, 1.165) is 45.5 Å². The van der Waals surface area contributed by atoms with Crippen molar-refractivity contribution in [2.24, 2.45) is 5.92 Å².